The van der Waals surface area contributed by atoms with Gasteiger partial charge in [0.05, 0.1) is 45.6 Å². The Morgan fingerprint density at radius 2 is 0.971 bits per heavy atom. The molecule has 11 aromatic rings. The van der Waals surface area contributed by atoms with Crippen LogP contribution in [0.5, 0.6) is 0 Å². The number of rotatable bonds is 4. The van der Waals surface area contributed by atoms with Crippen LogP contribution in [0, 0.1) is 13.5 Å². The number of aromatic nitrogens is 2. The van der Waals surface area contributed by atoms with Crippen molar-refractivity contribution in [3.8, 4) is 55.9 Å². The largest absolute Gasteiger partial charge is 0.416 e. The Kier molecular flexibility index (Phi) is 8.45. The van der Waals surface area contributed by atoms with Gasteiger partial charge in [-0.2, -0.15) is 13.2 Å². The zero-order chi connectivity index (χ0) is 47.3. The number of nitrogens with zero attached hydrogens (tertiary/aromatic N) is 3. The molecule has 6 heteroatoms. The first-order chi connectivity index (χ1) is 33.3. The Balaban J connectivity index is 1.14. The molecule has 0 bridgehead atoms. The Labute approximate surface area is 398 Å². The van der Waals surface area contributed by atoms with Gasteiger partial charge in [0.2, 0.25) is 0 Å². The molecule has 2 heterocycles. The molecular weight excluding hydrogens is 856 g/mol. The number of aryl methyl sites for hydroxylation is 1. The molecule has 0 radical (unpaired) electrons. The summed E-state index contributed by atoms with van der Waals surface area (Å²) in [5, 5.41) is 4.57. The van der Waals surface area contributed by atoms with E-state index >= 15 is 0 Å². The van der Waals surface area contributed by atoms with Crippen molar-refractivity contribution in [2.45, 2.75) is 51.6 Å². The van der Waals surface area contributed by atoms with Gasteiger partial charge in [0.1, 0.15) is 0 Å². The van der Waals surface area contributed by atoms with Crippen molar-refractivity contribution < 1.29 is 13.2 Å². The van der Waals surface area contributed by atoms with Crippen LogP contribution in [0.4, 0.5) is 18.9 Å². The van der Waals surface area contributed by atoms with E-state index in [0.717, 1.165) is 60.7 Å². The number of halogens is 3. The van der Waals surface area contributed by atoms with Crippen LogP contribution in [-0.4, -0.2) is 9.13 Å². The van der Waals surface area contributed by atoms with Gasteiger partial charge in [-0.3, -0.25) is 0 Å². The van der Waals surface area contributed by atoms with Crippen LogP contribution in [0.25, 0.3) is 104 Å². The maximum absolute atomic E-state index is 14.5. The molecule has 0 aliphatic heterocycles. The molecule has 0 N–H and O–H groups in total. The minimum Gasteiger partial charge on any atom is -0.309 e. The summed E-state index contributed by atoms with van der Waals surface area (Å²) in [7, 11) is 0. The zero-order valence-electron chi connectivity index (χ0n) is 38.7. The third kappa shape index (κ3) is 5.68. The fourth-order valence-electron chi connectivity index (χ4n) is 12.4. The monoisotopic (exact) mass is 899 g/mol. The second-order valence-electron chi connectivity index (χ2n) is 19.9. The van der Waals surface area contributed by atoms with E-state index in [4.69, 9.17) is 6.57 Å². The van der Waals surface area contributed by atoms with Gasteiger partial charge in [0, 0.05) is 37.9 Å². The fourth-order valence-corrected chi connectivity index (χ4v) is 12.4. The number of benzene rings is 9. The van der Waals surface area contributed by atoms with Gasteiger partial charge in [0.25, 0.3) is 0 Å². The molecule has 2 aliphatic carbocycles. The summed E-state index contributed by atoms with van der Waals surface area (Å²) < 4.78 is 48.1. The summed E-state index contributed by atoms with van der Waals surface area (Å²) >= 11 is 0. The van der Waals surface area contributed by atoms with Gasteiger partial charge in [-0.25, -0.2) is 4.85 Å². The lowest BCUT2D eigenvalue weighted by molar-refractivity contribution is -0.137. The van der Waals surface area contributed by atoms with E-state index in [9.17, 15) is 13.2 Å². The van der Waals surface area contributed by atoms with E-state index in [1.807, 2.05) is 30.3 Å². The van der Waals surface area contributed by atoms with Crippen molar-refractivity contribution in [2.75, 3.05) is 0 Å². The second-order valence-corrected chi connectivity index (χ2v) is 19.9. The standard InChI is InChI=1S/C63H44F3N3/c1-36-31-38(33-39(32-36)63(64,65)66)37-23-25-43(56(34-37)69-52-22-14-10-18-47(52)58-55(69)30-27-45-42-16-8-12-20-50(42)62(4,5)60(45)58)48-35-40(67-6)24-28-53(48)68-51-21-13-9-17-46(51)57-54(68)29-26-44-41-15-7-11-19-49(41)61(2,3)59(44)57/h7-35H,1-5H3. The molecule has 0 saturated heterocycles. The number of fused-ring (bicyclic) bond motifs is 14. The lowest BCUT2D eigenvalue weighted by Crippen LogP contribution is -2.15. The summed E-state index contributed by atoms with van der Waals surface area (Å²) in [5.74, 6) is 0. The molecule has 0 atom stereocenters. The summed E-state index contributed by atoms with van der Waals surface area (Å²) in [5.41, 5.74) is 18.3. The first-order valence-electron chi connectivity index (χ1n) is 23.4. The van der Waals surface area contributed by atoms with Gasteiger partial charge in [-0.05, 0) is 128 Å². The van der Waals surface area contributed by atoms with Gasteiger partial charge < -0.3 is 9.13 Å². The van der Waals surface area contributed by atoms with Crippen LogP contribution < -0.4 is 0 Å². The lowest BCUT2D eigenvalue weighted by Gasteiger charge is -2.23. The molecule has 0 unspecified atom stereocenters. The molecule has 13 rings (SSSR count). The summed E-state index contributed by atoms with van der Waals surface area (Å²) in [4.78, 5) is 4.00. The first kappa shape index (κ1) is 41.1. The topological polar surface area (TPSA) is 14.2 Å². The highest BCUT2D eigenvalue weighted by Crippen LogP contribution is 2.56. The average molecular weight is 900 g/mol. The fraction of sp³-hybridized carbons (Fsp3) is 0.127. The predicted molar refractivity (Wildman–Crippen MR) is 277 cm³/mol. The van der Waals surface area contributed by atoms with Crippen LogP contribution in [-0.2, 0) is 17.0 Å². The van der Waals surface area contributed by atoms with Crippen molar-refractivity contribution in [3.05, 3.63) is 221 Å². The van der Waals surface area contributed by atoms with Crippen LogP contribution in [0.1, 0.15) is 61.1 Å². The third-order valence-electron chi connectivity index (χ3n) is 15.3. The van der Waals surface area contributed by atoms with Gasteiger partial charge in [-0.15, -0.1) is 0 Å². The highest BCUT2D eigenvalue weighted by atomic mass is 19.4. The van der Waals surface area contributed by atoms with Gasteiger partial charge in [0.15, 0.2) is 5.69 Å². The molecule has 0 fully saturated rings. The van der Waals surface area contributed by atoms with Crippen LogP contribution in [0.3, 0.4) is 0 Å². The van der Waals surface area contributed by atoms with E-state index < -0.39 is 11.7 Å². The van der Waals surface area contributed by atoms with Crippen molar-refractivity contribution in [1.29, 1.82) is 0 Å². The second kappa shape index (κ2) is 14.2. The predicted octanol–water partition coefficient (Wildman–Crippen LogP) is 17.7. The average Bonchev–Trinajstić information content (AvgIpc) is 4.02. The molecule has 332 valence electrons. The van der Waals surface area contributed by atoms with Crippen molar-refractivity contribution in [3.63, 3.8) is 0 Å². The molecular formula is C63H44F3N3. The molecule has 0 spiro atoms. The van der Waals surface area contributed by atoms with Crippen LogP contribution in [0.15, 0.2) is 176 Å². The number of alkyl halides is 3. The molecule has 0 saturated carbocycles. The Morgan fingerprint density at radius 3 is 1.54 bits per heavy atom. The molecule has 69 heavy (non-hydrogen) atoms. The molecule has 2 aliphatic rings. The third-order valence-corrected chi connectivity index (χ3v) is 15.3. The number of hydrogen-bond donors (Lipinski definition) is 0. The SMILES string of the molecule is [C-]#[N+]c1ccc(-n2c3ccccc3c3c4c(ccc32)-c2ccccc2C4(C)C)c(-c2ccc(-c3cc(C)cc(C(F)(F)F)c3)cc2-n2c3ccccc3c3c4c(ccc32)-c2ccccc2C4(C)C)c1. The molecule has 0 amide bonds. The van der Waals surface area contributed by atoms with E-state index in [2.05, 4.69) is 175 Å². The van der Waals surface area contributed by atoms with Crippen molar-refractivity contribution in [1.82, 2.24) is 9.13 Å². The zero-order valence-corrected chi connectivity index (χ0v) is 38.7. The minimum absolute atomic E-state index is 0.269. The Morgan fingerprint density at radius 1 is 0.449 bits per heavy atom. The normalized spacial score (nSPS) is 14.3. The summed E-state index contributed by atoms with van der Waals surface area (Å²) in [6.07, 6.45) is -4.52. The van der Waals surface area contributed by atoms with E-state index in [0.29, 0.717) is 22.4 Å². The molecule has 2 aromatic heterocycles. The summed E-state index contributed by atoms with van der Waals surface area (Å²) in [6.45, 7) is 19.3. The van der Waals surface area contributed by atoms with Crippen LogP contribution in [0.2, 0.25) is 0 Å². The lowest BCUT2D eigenvalue weighted by atomic mass is 9.80. The van der Waals surface area contributed by atoms with Crippen LogP contribution >= 0.6 is 0 Å². The quantitative estimate of drug-likeness (QED) is 0.156. The maximum atomic E-state index is 14.5. The van der Waals surface area contributed by atoms with E-state index in [1.165, 1.54) is 62.0 Å². The van der Waals surface area contributed by atoms with Gasteiger partial charge in [-0.1, -0.05) is 149 Å². The number of hydrogen-bond acceptors (Lipinski definition) is 0. The highest BCUT2D eigenvalue weighted by Gasteiger charge is 2.40. The van der Waals surface area contributed by atoms with Gasteiger partial charge >= 0.3 is 6.18 Å². The Bertz CT molecular complexity index is 4090. The minimum atomic E-state index is -4.52. The highest BCUT2D eigenvalue weighted by molar-refractivity contribution is 6.16. The molecule has 3 nitrogen and oxygen atoms in total. The smallest absolute Gasteiger partial charge is 0.309 e. The van der Waals surface area contributed by atoms with Crippen molar-refractivity contribution in [2.24, 2.45) is 0 Å². The molecule has 9 aromatic carbocycles. The number of para-hydroxylation sites is 2. The summed E-state index contributed by atoms with van der Waals surface area (Å²) in [6, 6.07) is 59.6. The van der Waals surface area contributed by atoms with Crippen molar-refractivity contribution >= 4 is 49.3 Å². The van der Waals surface area contributed by atoms with E-state index in [-0.39, 0.29) is 10.8 Å². The maximum Gasteiger partial charge on any atom is 0.416 e. The van der Waals surface area contributed by atoms with E-state index in [1.54, 1.807) is 6.92 Å². The Hall–Kier alpha value is -8.14. The first-order valence-corrected chi connectivity index (χ1v) is 23.4.